The van der Waals surface area contributed by atoms with Crippen molar-refractivity contribution in [3.8, 4) is 0 Å². The quantitative estimate of drug-likeness (QED) is 0.337. The summed E-state index contributed by atoms with van der Waals surface area (Å²) in [6.07, 6.45) is 10.9. The van der Waals surface area contributed by atoms with Gasteiger partial charge in [-0.1, -0.05) is 53.7 Å². The number of carbonyl (C=O) groups excluding carboxylic acids is 3. The molecule has 0 heterocycles. The fraction of sp³-hybridized carbons (Fsp3) is 0.833. The molecule has 4 aliphatic rings. The first-order valence-corrected chi connectivity index (χ1v) is 13.8. The van der Waals surface area contributed by atoms with E-state index in [9.17, 15) is 14.4 Å². The van der Waals surface area contributed by atoms with Gasteiger partial charge in [0.2, 0.25) is 0 Å². The minimum absolute atomic E-state index is 0.0963. The molecule has 0 aromatic carbocycles. The number of esters is 1. The molecule has 0 bridgehead atoms. The van der Waals surface area contributed by atoms with Crippen molar-refractivity contribution in [1.29, 1.82) is 0 Å². The first kappa shape index (κ1) is 25.6. The molecule has 0 unspecified atom stereocenters. The van der Waals surface area contributed by atoms with Crippen LogP contribution in [0.5, 0.6) is 0 Å². The maximum Gasteiger partial charge on any atom is 0.302 e. The lowest BCUT2D eigenvalue weighted by molar-refractivity contribution is -0.185. The molecule has 4 fully saturated rings. The van der Waals surface area contributed by atoms with Crippen LogP contribution in [0.2, 0.25) is 0 Å². The lowest BCUT2D eigenvalue weighted by Gasteiger charge is -2.62. The Hall–Kier alpha value is -1.45. The lowest BCUT2D eigenvalue weighted by atomic mass is 9.40. The van der Waals surface area contributed by atoms with Crippen LogP contribution >= 0.6 is 0 Å². The van der Waals surface area contributed by atoms with Crippen LogP contribution in [0.4, 0.5) is 0 Å². The first-order valence-electron chi connectivity index (χ1n) is 13.8. The molecule has 9 atom stereocenters. The van der Waals surface area contributed by atoms with E-state index in [1.807, 2.05) is 0 Å². The summed E-state index contributed by atoms with van der Waals surface area (Å²) in [5.74, 6) is 2.48. The van der Waals surface area contributed by atoms with Crippen LogP contribution in [0.3, 0.4) is 0 Å². The number of Topliss-reactive ketones (excluding diaryl/α,β-unsaturated/α-hetero) is 2. The topological polar surface area (TPSA) is 60.4 Å². The summed E-state index contributed by atoms with van der Waals surface area (Å²) in [7, 11) is 0. The molecule has 0 aromatic heterocycles. The van der Waals surface area contributed by atoms with E-state index >= 15 is 0 Å². The minimum Gasteiger partial charge on any atom is -0.463 e. The summed E-state index contributed by atoms with van der Waals surface area (Å²) >= 11 is 0. The van der Waals surface area contributed by atoms with Gasteiger partial charge in [0.1, 0.15) is 17.7 Å². The first-order chi connectivity index (χ1) is 15.9. The van der Waals surface area contributed by atoms with Crippen molar-refractivity contribution in [3.05, 3.63) is 12.2 Å². The Bertz CT molecular complexity index is 873. The summed E-state index contributed by atoms with van der Waals surface area (Å²) in [5, 5.41) is 0. The average Bonchev–Trinajstić information content (AvgIpc) is 3.08. The number of fused-ring (bicyclic) bond motifs is 2. The van der Waals surface area contributed by atoms with E-state index in [2.05, 4.69) is 53.7 Å². The van der Waals surface area contributed by atoms with Gasteiger partial charge in [-0.05, 0) is 78.9 Å². The molecular weight excluding hydrogens is 424 g/mol. The molecule has 1 spiro atoms. The summed E-state index contributed by atoms with van der Waals surface area (Å²) < 4.78 is 5.54. The van der Waals surface area contributed by atoms with E-state index in [0.717, 1.165) is 32.1 Å². The van der Waals surface area contributed by atoms with E-state index < -0.39 is 5.41 Å². The molecule has 0 aromatic rings. The molecule has 4 rings (SSSR count). The average molecular weight is 471 g/mol. The fourth-order valence-electron chi connectivity index (χ4n) is 8.99. The van der Waals surface area contributed by atoms with Crippen molar-refractivity contribution in [1.82, 2.24) is 0 Å². The van der Waals surface area contributed by atoms with Crippen molar-refractivity contribution in [2.75, 3.05) is 0 Å². The number of hydrogen-bond acceptors (Lipinski definition) is 4. The van der Waals surface area contributed by atoms with Crippen molar-refractivity contribution in [2.45, 2.75) is 106 Å². The SMILES string of the molecule is CC(=O)O[C@H]1CC[C@@]2(C)[C@H](C1)C(=O)C[C@]13C(=O)CC[C@H]([C@H](C)/C=C/[C@H](C)C(C)C)[C@@]1(C)CC[C@H]23. The lowest BCUT2D eigenvalue weighted by Crippen LogP contribution is -2.64. The number of ketones is 2. The molecule has 4 saturated carbocycles. The summed E-state index contributed by atoms with van der Waals surface area (Å²) in [4.78, 5) is 39.3. The molecule has 190 valence electrons. The molecular formula is C30H46O4. The molecule has 0 radical (unpaired) electrons. The van der Waals surface area contributed by atoms with Crippen molar-refractivity contribution in [3.63, 3.8) is 0 Å². The second kappa shape index (κ2) is 8.89. The Morgan fingerprint density at radius 3 is 2.38 bits per heavy atom. The third-order valence-electron chi connectivity index (χ3n) is 11.2. The Morgan fingerprint density at radius 2 is 1.74 bits per heavy atom. The standard InChI is InChI=1S/C30H46O4/c1-18(2)19(3)8-9-20(4)23-10-11-27(33)30-17-25(32)24-16-22(34-21(5)31)12-14-28(24,6)26(30)13-15-29(23,30)7/h8-9,18-20,22-24,26H,10-17H2,1-7H3/b9-8+/t19-,20+,22-,23+,24+,26+,28-,29+,30-/m0/s1. The van der Waals surface area contributed by atoms with Gasteiger partial charge in [-0.25, -0.2) is 0 Å². The van der Waals surface area contributed by atoms with Gasteiger partial charge in [0.25, 0.3) is 0 Å². The second-order valence-corrected chi connectivity index (χ2v) is 13.1. The monoisotopic (exact) mass is 470 g/mol. The zero-order chi connectivity index (χ0) is 25.1. The van der Waals surface area contributed by atoms with Gasteiger partial charge in [-0.3, -0.25) is 14.4 Å². The highest BCUT2D eigenvalue weighted by atomic mass is 16.5. The minimum atomic E-state index is -0.516. The van der Waals surface area contributed by atoms with Gasteiger partial charge in [0.05, 0.1) is 0 Å². The van der Waals surface area contributed by atoms with Crippen molar-refractivity contribution < 1.29 is 19.1 Å². The van der Waals surface area contributed by atoms with E-state index in [1.165, 1.54) is 6.92 Å². The van der Waals surface area contributed by atoms with Crippen LogP contribution in [0.15, 0.2) is 12.2 Å². The van der Waals surface area contributed by atoms with Crippen molar-refractivity contribution >= 4 is 17.5 Å². The smallest absolute Gasteiger partial charge is 0.302 e. The van der Waals surface area contributed by atoms with Gasteiger partial charge < -0.3 is 4.74 Å². The molecule has 0 N–H and O–H groups in total. The Morgan fingerprint density at radius 1 is 1.03 bits per heavy atom. The number of allylic oxidation sites excluding steroid dienone is 2. The summed E-state index contributed by atoms with van der Waals surface area (Å²) in [6, 6.07) is 0. The van der Waals surface area contributed by atoms with Crippen molar-refractivity contribution in [2.24, 2.45) is 51.8 Å². The molecule has 34 heavy (non-hydrogen) atoms. The third kappa shape index (κ3) is 3.73. The summed E-state index contributed by atoms with van der Waals surface area (Å²) in [5.41, 5.74) is -0.820. The van der Waals surface area contributed by atoms with Crippen LogP contribution < -0.4 is 0 Å². The van der Waals surface area contributed by atoms with E-state index in [-0.39, 0.29) is 40.5 Å². The zero-order valence-corrected chi connectivity index (χ0v) is 22.5. The van der Waals surface area contributed by atoms with E-state index in [0.29, 0.717) is 48.7 Å². The van der Waals surface area contributed by atoms with Crippen LogP contribution in [0.1, 0.15) is 99.8 Å². The normalized spacial score (nSPS) is 43.9. The molecule has 4 heteroatoms. The van der Waals surface area contributed by atoms with E-state index in [1.54, 1.807) is 0 Å². The second-order valence-electron chi connectivity index (χ2n) is 13.1. The molecule has 0 amide bonds. The van der Waals surface area contributed by atoms with Crippen LogP contribution in [-0.4, -0.2) is 23.6 Å². The third-order valence-corrected chi connectivity index (χ3v) is 11.2. The van der Waals surface area contributed by atoms with Crippen LogP contribution in [0, 0.1) is 51.8 Å². The maximum absolute atomic E-state index is 13.9. The Kier molecular flexibility index (Phi) is 6.70. The highest BCUT2D eigenvalue weighted by Crippen LogP contribution is 2.74. The fourth-order valence-corrected chi connectivity index (χ4v) is 8.99. The van der Waals surface area contributed by atoms with E-state index in [4.69, 9.17) is 4.74 Å². The molecule has 0 saturated heterocycles. The van der Waals surface area contributed by atoms with Gasteiger partial charge in [-0.2, -0.15) is 0 Å². The number of ether oxygens (including phenoxy) is 1. The maximum atomic E-state index is 13.9. The number of hydrogen-bond donors (Lipinski definition) is 0. The summed E-state index contributed by atoms with van der Waals surface area (Å²) in [6.45, 7) is 15.2. The van der Waals surface area contributed by atoms with Crippen LogP contribution in [0.25, 0.3) is 0 Å². The number of rotatable bonds is 5. The van der Waals surface area contributed by atoms with Gasteiger partial charge in [-0.15, -0.1) is 0 Å². The molecule has 4 nitrogen and oxygen atoms in total. The highest BCUT2D eigenvalue weighted by molar-refractivity contribution is 5.96. The van der Waals surface area contributed by atoms with Gasteiger partial charge >= 0.3 is 5.97 Å². The zero-order valence-electron chi connectivity index (χ0n) is 22.5. The molecule has 0 aliphatic heterocycles. The highest BCUT2D eigenvalue weighted by Gasteiger charge is 2.73. The predicted octanol–water partition coefficient (Wildman–Crippen LogP) is 6.56. The molecule has 4 aliphatic carbocycles. The predicted molar refractivity (Wildman–Crippen MR) is 134 cm³/mol. The van der Waals surface area contributed by atoms with Gasteiger partial charge in [0.15, 0.2) is 0 Å². The van der Waals surface area contributed by atoms with Crippen LogP contribution in [-0.2, 0) is 19.1 Å². The number of carbonyl (C=O) groups is 3. The Balaban J connectivity index is 1.66. The van der Waals surface area contributed by atoms with Gasteiger partial charge in [0, 0.05) is 31.1 Å². The largest absolute Gasteiger partial charge is 0.463 e. The Labute approximate surface area is 206 Å².